The molecule has 0 radical (unpaired) electrons. The second-order valence-corrected chi connectivity index (χ2v) is 8.60. The van der Waals surface area contributed by atoms with Crippen molar-refractivity contribution in [2.24, 2.45) is 7.05 Å². The number of aromatic nitrogens is 2. The van der Waals surface area contributed by atoms with Gasteiger partial charge < -0.3 is 5.32 Å². The number of hydrogen-bond acceptors (Lipinski definition) is 3. The predicted octanol–water partition coefficient (Wildman–Crippen LogP) is 5.37. The normalized spacial score (nSPS) is 16.2. The van der Waals surface area contributed by atoms with Crippen molar-refractivity contribution in [2.75, 3.05) is 5.32 Å². The lowest BCUT2D eigenvalue weighted by Gasteiger charge is -2.20. The third kappa shape index (κ3) is 4.04. The zero-order valence-electron chi connectivity index (χ0n) is 14.9. The first-order chi connectivity index (χ1) is 12.0. The summed E-state index contributed by atoms with van der Waals surface area (Å²) in [7, 11) is 1.74. The molecule has 1 aliphatic rings. The van der Waals surface area contributed by atoms with Gasteiger partial charge in [-0.3, -0.25) is 9.48 Å². The number of para-hydroxylation sites is 1. The number of hydrogen-bond donors (Lipinski definition) is 1. The van der Waals surface area contributed by atoms with Gasteiger partial charge in [0.05, 0.1) is 11.3 Å². The van der Waals surface area contributed by atoms with E-state index in [0.717, 1.165) is 16.5 Å². The highest BCUT2D eigenvalue weighted by Crippen LogP contribution is 2.41. The molecular weight excluding hydrogens is 354 g/mol. The van der Waals surface area contributed by atoms with Crippen molar-refractivity contribution in [1.82, 2.24) is 9.78 Å². The lowest BCUT2D eigenvalue weighted by atomic mass is 10.1. The Kier molecular flexibility index (Phi) is 5.74. The molecule has 1 atom stereocenters. The van der Waals surface area contributed by atoms with Gasteiger partial charge in [-0.2, -0.15) is 16.9 Å². The fourth-order valence-corrected chi connectivity index (χ4v) is 5.22. The molecule has 3 rings (SSSR count). The molecule has 1 N–H and O–H groups in total. The van der Waals surface area contributed by atoms with E-state index in [0.29, 0.717) is 21.7 Å². The first kappa shape index (κ1) is 18.3. The minimum Gasteiger partial charge on any atom is -0.322 e. The summed E-state index contributed by atoms with van der Waals surface area (Å²) in [5, 5.41) is 8.69. The van der Waals surface area contributed by atoms with Crippen LogP contribution in [0.5, 0.6) is 0 Å². The summed E-state index contributed by atoms with van der Waals surface area (Å²) >= 11 is 8.24. The smallest absolute Gasteiger partial charge is 0.260 e. The predicted molar refractivity (Wildman–Crippen MR) is 106 cm³/mol. The summed E-state index contributed by atoms with van der Waals surface area (Å²) in [5.41, 5.74) is 3.08. The lowest BCUT2D eigenvalue weighted by Crippen LogP contribution is -2.15. The van der Waals surface area contributed by atoms with Gasteiger partial charge in [0, 0.05) is 23.2 Å². The van der Waals surface area contributed by atoms with E-state index >= 15 is 0 Å². The van der Waals surface area contributed by atoms with Gasteiger partial charge in [-0.1, -0.05) is 42.6 Å². The minimum atomic E-state index is -0.207. The van der Waals surface area contributed by atoms with Gasteiger partial charge in [-0.05, 0) is 38.3 Å². The van der Waals surface area contributed by atoms with Crippen LogP contribution in [0.1, 0.15) is 59.5 Å². The maximum absolute atomic E-state index is 12.7. The quantitative estimate of drug-likeness (QED) is 0.761. The topological polar surface area (TPSA) is 46.9 Å². The number of carbonyl (C=O) groups is 1. The summed E-state index contributed by atoms with van der Waals surface area (Å²) in [5.74, 6) is -0.207. The molecule has 1 amide bonds. The molecule has 1 heterocycles. The van der Waals surface area contributed by atoms with Crippen LogP contribution in [-0.2, 0) is 7.05 Å². The molecule has 1 aromatic carbocycles. The van der Waals surface area contributed by atoms with Crippen LogP contribution in [0.4, 0.5) is 5.69 Å². The molecule has 2 aromatic rings. The molecule has 0 bridgehead atoms. The number of amides is 1. The lowest BCUT2D eigenvalue weighted by molar-refractivity contribution is 0.102. The van der Waals surface area contributed by atoms with Gasteiger partial charge >= 0.3 is 0 Å². The van der Waals surface area contributed by atoms with Gasteiger partial charge in [-0.25, -0.2) is 0 Å². The highest BCUT2D eigenvalue weighted by Gasteiger charge is 2.23. The largest absolute Gasteiger partial charge is 0.322 e. The number of aryl methyl sites for hydroxylation is 2. The Labute approximate surface area is 158 Å². The first-order valence-electron chi connectivity index (χ1n) is 8.72. The maximum Gasteiger partial charge on any atom is 0.260 e. The molecule has 1 aromatic heterocycles. The maximum atomic E-state index is 12.7. The average molecular weight is 378 g/mol. The Morgan fingerprint density at radius 2 is 2.04 bits per heavy atom. The minimum absolute atomic E-state index is 0.207. The summed E-state index contributed by atoms with van der Waals surface area (Å²) < 4.78 is 1.52. The number of halogens is 1. The second kappa shape index (κ2) is 7.83. The Bertz CT molecular complexity index is 768. The van der Waals surface area contributed by atoms with Crippen molar-refractivity contribution in [3.8, 4) is 0 Å². The number of thioether (sulfide) groups is 1. The molecule has 1 unspecified atom stereocenters. The van der Waals surface area contributed by atoms with Crippen LogP contribution in [0.3, 0.4) is 0 Å². The van der Waals surface area contributed by atoms with Gasteiger partial charge in [0.2, 0.25) is 0 Å². The zero-order valence-corrected chi connectivity index (χ0v) is 16.5. The van der Waals surface area contributed by atoms with E-state index in [4.69, 9.17) is 11.6 Å². The van der Waals surface area contributed by atoms with E-state index in [1.807, 2.05) is 30.0 Å². The summed E-state index contributed by atoms with van der Waals surface area (Å²) in [6, 6.07) is 8.03. The third-order valence-electron chi connectivity index (χ3n) is 4.73. The van der Waals surface area contributed by atoms with Crippen molar-refractivity contribution in [2.45, 2.75) is 50.0 Å². The molecule has 1 fully saturated rings. The van der Waals surface area contributed by atoms with E-state index < -0.39 is 0 Å². The SMILES string of the molecule is Cc1nn(C)c(Cl)c1C(=O)Nc1ccccc1C(C)SC1CCCC1. The van der Waals surface area contributed by atoms with Gasteiger partial charge in [0.1, 0.15) is 5.15 Å². The van der Waals surface area contributed by atoms with Crippen LogP contribution in [-0.4, -0.2) is 20.9 Å². The van der Waals surface area contributed by atoms with E-state index in [1.54, 1.807) is 14.0 Å². The number of rotatable bonds is 5. The molecule has 0 aliphatic heterocycles. The highest BCUT2D eigenvalue weighted by molar-refractivity contribution is 8.00. The number of nitrogens with one attached hydrogen (secondary N) is 1. The monoisotopic (exact) mass is 377 g/mol. The van der Waals surface area contributed by atoms with E-state index in [9.17, 15) is 4.79 Å². The fourth-order valence-electron chi connectivity index (χ4n) is 3.42. The molecule has 4 nitrogen and oxygen atoms in total. The molecule has 0 saturated heterocycles. The Morgan fingerprint density at radius 3 is 2.68 bits per heavy atom. The van der Waals surface area contributed by atoms with Crippen LogP contribution >= 0.6 is 23.4 Å². The van der Waals surface area contributed by atoms with E-state index in [1.165, 1.54) is 30.4 Å². The zero-order chi connectivity index (χ0) is 18.0. The second-order valence-electron chi connectivity index (χ2n) is 6.60. The van der Waals surface area contributed by atoms with Crippen LogP contribution in [0.15, 0.2) is 24.3 Å². The van der Waals surface area contributed by atoms with Gasteiger partial charge in [0.15, 0.2) is 0 Å². The van der Waals surface area contributed by atoms with Crippen LogP contribution in [0.2, 0.25) is 5.15 Å². The number of benzene rings is 1. The van der Waals surface area contributed by atoms with E-state index in [2.05, 4.69) is 23.4 Å². The molecule has 1 aliphatic carbocycles. The molecule has 134 valence electrons. The summed E-state index contributed by atoms with van der Waals surface area (Å²) in [4.78, 5) is 12.7. The summed E-state index contributed by atoms with van der Waals surface area (Å²) in [6.45, 7) is 4.02. The molecule has 1 saturated carbocycles. The molecule has 6 heteroatoms. The van der Waals surface area contributed by atoms with Crippen molar-refractivity contribution in [3.63, 3.8) is 0 Å². The van der Waals surface area contributed by atoms with Crippen molar-refractivity contribution >= 4 is 35.0 Å². The molecular formula is C19H24ClN3OS. The Balaban J connectivity index is 1.79. The third-order valence-corrected chi connectivity index (χ3v) is 6.68. The molecule has 0 spiro atoms. The van der Waals surface area contributed by atoms with Crippen LogP contribution in [0.25, 0.3) is 0 Å². The van der Waals surface area contributed by atoms with Crippen molar-refractivity contribution < 1.29 is 4.79 Å². The molecule has 25 heavy (non-hydrogen) atoms. The highest BCUT2D eigenvalue weighted by atomic mass is 35.5. The number of nitrogens with zero attached hydrogens (tertiary/aromatic N) is 2. The van der Waals surface area contributed by atoms with Crippen LogP contribution < -0.4 is 5.32 Å². The first-order valence-corrected chi connectivity index (χ1v) is 10.0. The van der Waals surface area contributed by atoms with Crippen molar-refractivity contribution in [1.29, 1.82) is 0 Å². The van der Waals surface area contributed by atoms with E-state index in [-0.39, 0.29) is 5.91 Å². The van der Waals surface area contributed by atoms with Crippen molar-refractivity contribution in [3.05, 3.63) is 46.2 Å². The van der Waals surface area contributed by atoms with Gasteiger partial charge in [-0.15, -0.1) is 0 Å². The van der Waals surface area contributed by atoms with Crippen LogP contribution in [0, 0.1) is 6.92 Å². The number of carbonyl (C=O) groups excluding carboxylic acids is 1. The van der Waals surface area contributed by atoms with Gasteiger partial charge in [0.25, 0.3) is 5.91 Å². The average Bonchev–Trinajstić information content (AvgIpc) is 3.16. The Morgan fingerprint density at radius 1 is 1.36 bits per heavy atom. The summed E-state index contributed by atoms with van der Waals surface area (Å²) in [6.07, 6.45) is 5.27. The fraction of sp³-hybridized carbons (Fsp3) is 0.474. The standard InChI is InChI=1S/C19H24ClN3OS/c1-12-17(18(20)23(3)22-12)19(24)21-16-11-7-6-10-15(16)13(2)25-14-8-4-5-9-14/h6-7,10-11,13-14H,4-5,8-9H2,1-3H3,(H,21,24). The Hall–Kier alpha value is -1.46. The number of anilines is 1.